The first kappa shape index (κ1) is 18.4. The Labute approximate surface area is 170 Å². The van der Waals surface area contributed by atoms with E-state index in [4.69, 9.17) is 9.72 Å². The SMILES string of the molecule is COc1ccccc1CC(=O)N1CCC2(CCc3c2nc(C2CC2)[nH]c3=O)CC1. The predicted molar refractivity (Wildman–Crippen MR) is 109 cm³/mol. The summed E-state index contributed by atoms with van der Waals surface area (Å²) >= 11 is 0. The number of hydrogen-bond acceptors (Lipinski definition) is 4. The predicted octanol–water partition coefficient (Wildman–Crippen LogP) is 2.71. The molecule has 29 heavy (non-hydrogen) atoms. The van der Waals surface area contributed by atoms with E-state index in [1.807, 2.05) is 29.2 Å². The van der Waals surface area contributed by atoms with E-state index in [0.717, 1.165) is 80.0 Å². The van der Waals surface area contributed by atoms with Gasteiger partial charge in [0.25, 0.3) is 5.56 Å². The van der Waals surface area contributed by atoms with Crippen LogP contribution < -0.4 is 10.3 Å². The Morgan fingerprint density at radius 2 is 2.00 bits per heavy atom. The molecule has 5 rings (SSSR count). The van der Waals surface area contributed by atoms with Crippen molar-refractivity contribution in [2.45, 2.75) is 56.3 Å². The van der Waals surface area contributed by atoms with Crippen molar-refractivity contribution < 1.29 is 9.53 Å². The van der Waals surface area contributed by atoms with Crippen LogP contribution in [0.1, 0.15) is 60.7 Å². The number of benzene rings is 1. The molecule has 2 aromatic rings. The van der Waals surface area contributed by atoms with Gasteiger partial charge in [-0.05, 0) is 44.6 Å². The zero-order valence-corrected chi connectivity index (χ0v) is 16.9. The highest BCUT2D eigenvalue weighted by molar-refractivity contribution is 5.79. The number of methoxy groups -OCH3 is 1. The van der Waals surface area contributed by atoms with Gasteiger partial charge in [-0.1, -0.05) is 18.2 Å². The molecule has 1 amide bonds. The van der Waals surface area contributed by atoms with E-state index in [1.54, 1.807) is 7.11 Å². The van der Waals surface area contributed by atoms with Crippen molar-refractivity contribution in [2.24, 2.45) is 0 Å². The average molecular weight is 393 g/mol. The second-order valence-corrected chi connectivity index (χ2v) is 8.70. The average Bonchev–Trinajstić information content (AvgIpc) is 3.53. The Bertz CT molecular complexity index is 1000. The maximum Gasteiger partial charge on any atom is 0.254 e. The van der Waals surface area contributed by atoms with Crippen molar-refractivity contribution in [1.29, 1.82) is 0 Å². The summed E-state index contributed by atoms with van der Waals surface area (Å²) < 4.78 is 5.38. The number of rotatable bonds is 4. The maximum absolute atomic E-state index is 12.9. The maximum atomic E-state index is 12.9. The van der Waals surface area contributed by atoms with Crippen LogP contribution in [0.15, 0.2) is 29.1 Å². The Balaban J connectivity index is 1.31. The second-order valence-electron chi connectivity index (χ2n) is 8.70. The number of hydrogen-bond donors (Lipinski definition) is 1. The fraction of sp³-hybridized carbons (Fsp3) is 0.522. The van der Waals surface area contributed by atoms with Gasteiger partial charge in [0.2, 0.25) is 5.91 Å². The molecule has 2 aliphatic carbocycles. The highest BCUT2D eigenvalue weighted by Crippen LogP contribution is 2.46. The lowest BCUT2D eigenvalue weighted by molar-refractivity contribution is -0.132. The number of aromatic nitrogens is 2. The van der Waals surface area contributed by atoms with E-state index in [0.29, 0.717) is 12.3 Å². The van der Waals surface area contributed by atoms with Gasteiger partial charge in [0.15, 0.2) is 0 Å². The zero-order valence-electron chi connectivity index (χ0n) is 16.9. The molecule has 1 saturated carbocycles. The van der Waals surface area contributed by atoms with Crippen LogP contribution >= 0.6 is 0 Å². The number of H-pyrrole nitrogens is 1. The molecule has 0 radical (unpaired) electrons. The normalized spacial score (nSPS) is 20.0. The topological polar surface area (TPSA) is 75.3 Å². The van der Waals surface area contributed by atoms with Crippen LogP contribution in [0.4, 0.5) is 0 Å². The summed E-state index contributed by atoms with van der Waals surface area (Å²) in [5.74, 6) is 2.22. The molecule has 3 aliphatic rings. The molecule has 1 N–H and O–H groups in total. The number of amides is 1. The van der Waals surface area contributed by atoms with Crippen molar-refractivity contribution in [3.63, 3.8) is 0 Å². The molecule has 152 valence electrons. The molecule has 6 nitrogen and oxygen atoms in total. The van der Waals surface area contributed by atoms with Crippen molar-refractivity contribution >= 4 is 5.91 Å². The second kappa shape index (κ2) is 7.01. The van der Waals surface area contributed by atoms with Gasteiger partial charge in [-0.15, -0.1) is 0 Å². The molecule has 6 heteroatoms. The molecular formula is C23H27N3O3. The first-order chi connectivity index (χ1) is 14.1. The summed E-state index contributed by atoms with van der Waals surface area (Å²) in [6, 6.07) is 7.70. The van der Waals surface area contributed by atoms with Gasteiger partial charge in [-0.3, -0.25) is 9.59 Å². The molecule has 2 fully saturated rings. The molecule has 0 atom stereocenters. The number of nitrogens with zero attached hydrogens (tertiary/aromatic N) is 2. The molecule has 1 saturated heterocycles. The number of carbonyl (C=O) groups is 1. The van der Waals surface area contributed by atoms with E-state index in [2.05, 4.69) is 4.98 Å². The van der Waals surface area contributed by atoms with Gasteiger partial charge in [-0.25, -0.2) is 4.98 Å². The third-order valence-electron chi connectivity index (χ3n) is 6.96. The number of para-hydroxylation sites is 1. The van der Waals surface area contributed by atoms with E-state index in [9.17, 15) is 9.59 Å². The van der Waals surface area contributed by atoms with Gasteiger partial charge in [0, 0.05) is 35.5 Å². The molecule has 1 spiro atoms. The fourth-order valence-electron chi connectivity index (χ4n) is 5.01. The van der Waals surface area contributed by atoms with Crippen LogP contribution in [0.25, 0.3) is 0 Å². The van der Waals surface area contributed by atoms with Crippen molar-refractivity contribution in [1.82, 2.24) is 14.9 Å². The highest BCUT2D eigenvalue weighted by atomic mass is 16.5. The van der Waals surface area contributed by atoms with E-state index >= 15 is 0 Å². The zero-order chi connectivity index (χ0) is 20.0. The quantitative estimate of drug-likeness (QED) is 0.867. The third-order valence-corrected chi connectivity index (χ3v) is 6.96. The summed E-state index contributed by atoms with van der Waals surface area (Å²) in [6.07, 6.45) is 6.16. The van der Waals surface area contributed by atoms with Crippen LogP contribution in [0.5, 0.6) is 5.75 Å². The Morgan fingerprint density at radius 3 is 2.72 bits per heavy atom. The number of aromatic amines is 1. The molecule has 1 aliphatic heterocycles. The lowest BCUT2D eigenvalue weighted by Crippen LogP contribution is -2.45. The molecule has 1 aromatic carbocycles. The summed E-state index contributed by atoms with van der Waals surface area (Å²) in [5, 5.41) is 0. The standard InChI is InChI=1S/C23H27N3O3/c1-29-18-5-3-2-4-16(18)14-19(27)26-12-10-23(11-13-26)9-8-17-20(23)24-21(15-6-7-15)25-22(17)28/h2-5,15H,6-14H2,1H3,(H,24,25,28). The van der Waals surface area contributed by atoms with Gasteiger partial charge in [0.05, 0.1) is 19.2 Å². The molecule has 0 bridgehead atoms. The minimum atomic E-state index is -0.0333. The third kappa shape index (κ3) is 3.24. The van der Waals surface area contributed by atoms with Crippen LogP contribution in [0.2, 0.25) is 0 Å². The van der Waals surface area contributed by atoms with E-state index in [1.165, 1.54) is 0 Å². The Kier molecular flexibility index (Phi) is 4.45. The van der Waals surface area contributed by atoms with Crippen LogP contribution in [0.3, 0.4) is 0 Å². The molecular weight excluding hydrogens is 366 g/mol. The minimum Gasteiger partial charge on any atom is -0.496 e. The summed E-state index contributed by atoms with van der Waals surface area (Å²) in [4.78, 5) is 35.4. The lowest BCUT2D eigenvalue weighted by Gasteiger charge is -2.39. The highest BCUT2D eigenvalue weighted by Gasteiger charge is 2.45. The monoisotopic (exact) mass is 393 g/mol. The van der Waals surface area contributed by atoms with Crippen molar-refractivity contribution in [2.75, 3.05) is 20.2 Å². The van der Waals surface area contributed by atoms with Crippen molar-refractivity contribution in [3.05, 3.63) is 57.3 Å². The first-order valence-corrected chi connectivity index (χ1v) is 10.6. The number of carbonyl (C=O) groups excluding carboxylic acids is 1. The van der Waals surface area contributed by atoms with Gasteiger partial charge < -0.3 is 14.6 Å². The summed E-state index contributed by atoms with van der Waals surface area (Å²) in [7, 11) is 1.64. The number of piperidine rings is 1. The van der Waals surface area contributed by atoms with Crippen LogP contribution in [-0.4, -0.2) is 41.0 Å². The number of nitrogens with one attached hydrogen (secondary N) is 1. The van der Waals surface area contributed by atoms with E-state index in [-0.39, 0.29) is 16.9 Å². The van der Waals surface area contributed by atoms with Gasteiger partial charge in [0.1, 0.15) is 11.6 Å². The first-order valence-electron chi connectivity index (χ1n) is 10.6. The number of likely N-dealkylation sites (tertiary alicyclic amines) is 1. The van der Waals surface area contributed by atoms with Crippen LogP contribution in [-0.2, 0) is 23.1 Å². The van der Waals surface area contributed by atoms with Crippen LogP contribution in [0, 0.1) is 0 Å². The lowest BCUT2D eigenvalue weighted by atomic mass is 9.76. The number of ether oxygens (including phenoxy) is 1. The van der Waals surface area contributed by atoms with Gasteiger partial charge in [-0.2, -0.15) is 0 Å². The Morgan fingerprint density at radius 1 is 1.24 bits per heavy atom. The smallest absolute Gasteiger partial charge is 0.254 e. The fourth-order valence-corrected chi connectivity index (χ4v) is 5.01. The number of fused-ring (bicyclic) bond motifs is 2. The molecule has 1 aromatic heterocycles. The summed E-state index contributed by atoms with van der Waals surface area (Å²) in [5.41, 5.74) is 2.86. The van der Waals surface area contributed by atoms with E-state index < -0.39 is 0 Å². The van der Waals surface area contributed by atoms with Gasteiger partial charge >= 0.3 is 0 Å². The largest absolute Gasteiger partial charge is 0.496 e. The molecule has 0 unspecified atom stereocenters. The minimum absolute atomic E-state index is 0.0333. The van der Waals surface area contributed by atoms with Crippen molar-refractivity contribution in [3.8, 4) is 5.75 Å². The Hall–Kier alpha value is -2.63. The summed E-state index contributed by atoms with van der Waals surface area (Å²) in [6.45, 7) is 1.45. The molecule has 2 heterocycles.